The summed E-state index contributed by atoms with van der Waals surface area (Å²) in [5.41, 5.74) is 10.7. The van der Waals surface area contributed by atoms with Crippen molar-refractivity contribution in [2.24, 2.45) is 0 Å². The van der Waals surface area contributed by atoms with Crippen LogP contribution >= 0.6 is 22.7 Å². The predicted molar refractivity (Wildman–Crippen MR) is 223 cm³/mol. The number of rotatable bonds is 6. The number of fused-ring (bicyclic) bond motifs is 6. The van der Waals surface area contributed by atoms with Crippen molar-refractivity contribution in [3.63, 3.8) is 0 Å². The summed E-state index contributed by atoms with van der Waals surface area (Å²) < 4.78 is 5.20. The monoisotopic (exact) mass is 685 g/mol. The summed E-state index contributed by atoms with van der Waals surface area (Å²) in [7, 11) is 0. The summed E-state index contributed by atoms with van der Waals surface area (Å²) in [6.07, 6.45) is 0. The molecule has 0 N–H and O–H groups in total. The average Bonchev–Trinajstić information content (AvgIpc) is 3.76. The van der Waals surface area contributed by atoms with E-state index in [9.17, 15) is 0 Å². The molecule has 51 heavy (non-hydrogen) atoms. The standard InChI is InChI=1S/C48H31NS2/c1-3-13-32(14-4-1)37-17-7-8-18-38(37)34-23-28-44(43(29-34)33-15-5-2-6-16-33)49(35-24-26-41-39-19-9-11-21-45(39)50-47(41)30-35)36-25-27-42-40-20-10-12-22-46(40)51-48(42)31-36/h1-31H. The minimum atomic E-state index is 1.14. The molecule has 0 fully saturated rings. The van der Waals surface area contributed by atoms with E-state index in [0.717, 1.165) is 17.1 Å². The first kappa shape index (κ1) is 29.9. The van der Waals surface area contributed by atoms with Crippen LogP contribution in [0, 0.1) is 0 Å². The molecule has 0 saturated heterocycles. The van der Waals surface area contributed by atoms with Gasteiger partial charge < -0.3 is 4.90 Å². The summed E-state index contributed by atoms with van der Waals surface area (Å²) in [6.45, 7) is 0. The fraction of sp³-hybridized carbons (Fsp3) is 0. The molecule has 0 saturated carbocycles. The molecule has 2 aromatic heterocycles. The molecule has 3 heteroatoms. The van der Waals surface area contributed by atoms with Gasteiger partial charge in [-0.25, -0.2) is 0 Å². The number of thiophene rings is 2. The highest BCUT2D eigenvalue weighted by Gasteiger charge is 2.21. The number of nitrogens with zero attached hydrogens (tertiary/aromatic N) is 1. The van der Waals surface area contributed by atoms with Gasteiger partial charge in [-0.15, -0.1) is 22.7 Å². The van der Waals surface area contributed by atoms with Crippen LogP contribution in [-0.4, -0.2) is 0 Å². The Bertz CT molecular complexity index is 2750. The van der Waals surface area contributed by atoms with E-state index < -0.39 is 0 Å². The van der Waals surface area contributed by atoms with Crippen molar-refractivity contribution in [3.05, 3.63) is 188 Å². The van der Waals surface area contributed by atoms with E-state index in [1.807, 2.05) is 22.7 Å². The summed E-state index contributed by atoms with van der Waals surface area (Å²) in [4.78, 5) is 2.46. The zero-order chi connectivity index (χ0) is 33.7. The average molecular weight is 686 g/mol. The number of hydrogen-bond donors (Lipinski definition) is 0. The van der Waals surface area contributed by atoms with Crippen molar-refractivity contribution in [1.82, 2.24) is 0 Å². The summed E-state index contributed by atoms with van der Waals surface area (Å²) in [5, 5.41) is 5.23. The molecule has 0 bridgehead atoms. The molecule has 10 aromatic rings. The zero-order valence-corrected chi connectivity index (χ0v) is 29.3. The van der Waals surface area contributed by atoms with Gasteiger partial charge in [0, 0.05) is 57.3 Å². The largest absolute Gasteiger partial charge is 0.310 e. The molecule has 0 aliphatic carbocycles. The Morgan fingerprint density at radius 2 is 0.745 bits per heavy atom. The van der Waals surface area contributed by atoms with Gasteiger partial charge in [0.2, 0.25) is 0 Å². The van der Waals surface area contributed by atoms with Crippen LogP contribution in [0.25, 0.3) is 73.7 Å². The molecule has 0 aliphatic rings. The van der Waals surface area contributed by atoms with E-state index in [2.05, 4.69) is 193 Å². The van der Waals surface area contributed by atoms with Gasteiger partial charge in [-0.2, -0.15) is 0 Å². The molecular formula is C48H31NS2. The van der Waals surface area contributed by atoms with Crippen molar-refractivity contribution in [1.29, 1.82) is 0 Å². The Labute approximate surface area is 304 Å². The molecule has 0 unspecified atom stereocenters. The van der Waals surface area contributed by atoms with Crippen LogP contribution in [0.5, 0.6) is 0 Å². The predicted octanol–water partition coefficient (Wildman–Crippen LogP) is 14.9. The number of hydrogen-bond acceptors (Lipinski definition) is 3. The van der Waals surface area contributed by atoms with Crippen molar-refractivity contribution in [3.8, 4) is 33.4 Å². The van der Waals surface area contributed by atoms with Crippen molar-refractivity contribution in [2.45, 2.75) is 0 Å². The van der Waals surface area contributed by atoms with E-state index in [1.54, 1.807) is 0 Å². The minimum Gasteiger partial charge on any atom is -0.310 e. The van der Waals surface area contributed by atoms with Gasteiger partial charge in [-0.1, -0.05) is 140 Å². The molecule has 0 radical (unpaired) electrons. The first-order valence-electron chi connectivity index (χ1n) is 17.3. The van der Waals surface area contributed by atoms with Crippen LogP contribution in [0.4, 0.5) is 17.1 Å². The summed E-state index contributed by atoms with van der Waals surface area (Å²) in [6, 6.07) is 68.7. The molecule has 10 rings (SSSR count). The van der Waals surface area contributed by atoms with Crippen LogP contribution < -0.4 is 4.90 Å². The normalized spacial score (nSPS) is 11.5. The Morgan fingerprint density at radius 3 is 1.31 bits per heavy atom. The van der Waals surface area contributed by atoms with Gasteiger partial charge in [0.05, 0.1) is 5.69 Å². The lowest BCUT2D eigenvalue weighted by atomic mass is 9.91. The first-order chi connectivity index (χ1) is 25.3. The van der Waals surface area contributed by atoms with E-state index in [4.69, 9.17) is 0 Å². The van der Waals surface area contributed by atoms with Crippen molar-refractivity contribution in [2.75, 3.05) is 4.90 Å². The van der Waals surface area contributed by atoms with E-state index >= 15 is 0 Å². The molecular weight excluding hydrogens is 655 g/mol. The van der Waals surface area contributed by atoms with Crippen LogP contribution in [0.15, 0.2) is 188 Å². The third-order valence-electron chi connectivity index (χ3n) is 9.89. The molecule has 0 aliphatic heterocycles. The third kappa shape index (κ3) is 5.21. The molecule has 240 valence electrons. The zero-order valence-electron chi connectivity index (χ0n) is 27.7. The second-order valence-corrected chi connectivity index (χ2v) is 15.1. The van der Waals surface area contributed by atoms with E-state index in [1.165, 1.54) is 73.7 Å². The molecule has 0 spiro atoms. The minimum absolute atomic E-state index is 1.14. The second kappa shape index (κ2) is 12.4. The second-order valence-electron chi connectivity index (χ2n) is 12.9. The van der Waals surface area contributed by atoms with Crippen LogP contribution in [0.3, 0.4) is 0 Å². The van der Waals surface area contributed by atoms with E-state index in [-0.39, 0.29) is 0 Å². The smallest absolute Gasteiger partial charge is 0.0540 e. The Kier molecular flexibility index (Phi) is 7.26. The Balaban J connectivity index is 1.22. The van der Waals surface area contributed by atoms with Crippen LogP contribution in [-0.2, 0) is 0 Å². The van der Waals surface area contributed by atoms with Gasteiger partial charge >= 0.3 is 0 Å². The van der Waals surface area contributed by atoms with Crippen molar-refractivity contribution < 1.29 is 0 Å². The molecule has 1 nitrogen and oxygen atoms in total. The highest BCUT2D eigenvalue weighted by molar-refractivity contribution is 7.26. The third-order valence-corrected chi connectivity index (χ3v) is 12.2. The quantitative estimate of drug-likeness (QED) is 0.168. The van der Waals surface area contributed by atoms with Crippen LogP contribution in [0.2, 0.25) is 0 Å². The fourth-order valence-electron chi connectivity index (χ4n) is 7.49. The van der Waals surface area contributed by atoms with Gasteiger partial charge in [0.25, 0.3) is 0 Å². The fourth-order valence-corrected chi connectivity index (χ4v) is 9.76. The number of benzene rings is 8. The Hall–Kier alpha value is -6.00. The maximum Gasteiger partial charge on any atom is 0.0540 e. The Morgan fingerprint density at radius 1 is 0.294 bits per heavy atom. The SMILES string of the molecule is c1ccc(-c2ccccc2-c2ccc(N(c3ccc4c(c3)sc3ccccc34)c3ccc4c(c3)sc3ccccc34)c(-c3ccccc3)c2)cc1. The molecule has 8 aromatic carbocycles. The lowest BCUT2D eigenvalue weighted by Crippen LogP contribution is -2.11. The van der Waals surface area contributed by atoms with Gasteiger partial charge in [-0.05, 0) is 76.3 Å². The number of anilines is 3. The topological polar surface area (TPSA) is 3.24 Å². The maximum absolute atomic E-state index is 2.46. The van der Waals surface area contributed by atoms with Crippen LogP contribution in [0.1, 0.15) is 0 Å². The molecule has 2 heterocycles. The van der Waals surface area contributed by atoms with E-state index in [0.29, 0.717) is 0 Å². The highest BCUT2D eigenvalue weighted by atomic mass is 32.1. The first-order valence-corrected chi connectivity index (χ1v) is 18.9. The lowest BCUT2D eigenvalue weighted by Gasteiger charge is -2.29. The summed E-state index contributed by atoms with van der Waals surface area (Å²) >= 11 is 3.73. The van der Waals surface area contributed by atoms with Gasteiger partial charge in [-0.3, -0.25) is 0 Å². The van der Waals surface area contributed by atoms with Gasteiger partial charge in [0.15, 0.2) is 0 Å². The maximum atomic E-state index is 2.46. The molecule has 0 amide bonds. The lowest BCUT2D eigenvalue weighted by molar-refractivity contribution is 1.30. The highest BCUT2D eigenvalue weighted by Crippen LogP contribution is 2.47. The molecule has 0 atom stereocenters. The van der Waals surface area contributed by atoms with Crippen molar-refractivity contribution >= 4 is 80.1 Å². The van der Waals surface area contributed by atoms with Gasteiger partial charge in [0.1, 0.15) is 0 Å². The summed E-state index contributed by atoms with van der Waals surface area (Å²) in [5.74, 6) is 0.